The molecule has 0 spiro atoms. The van der Waals surface area contributed by atoms with E-state index >= 15 is 0 Å². The molecule has 1 fully saturated rings. The van der Waals surface area contributed by atoms with Crippen LogP contribution in [0, 0.1) is 34.5 Å². The average molecular weight is 222 g/mol. The topological polar surface area (TPSA) is 52.9 Å². The molecule has 3 nitrogen and oxygen atoms in total. The molecule has 0 radical (unpaired) electrons. The molecule has 0 aromatic carbocycles. The SMILES string of the molecule is CC1C(C#N)CNC(C(=O)C(C)(C)C)C1C. The van der Waals surface area contributed by atoms with E-state index in [1.165, 1.54) is 0 Å². The number of piperidine rings is 1. The number of hydrogen-bond acceptors (Lipinski definition) is 3. The maximum atomic E-state index is 12.2. The number of rotatable bonds is 1. The van der Waals surface area contributed by atoms with Crippen molar-refractivity contribution in [1.29, 1.82) is 5.26 Å². The first-order valence-corrected chi connectivity index (χ1v) is 5.96. The minimum absolute atomic E-state index is 0.0269. The molecule has 1 aliphatic rings. The van der Waals surface area contributed by atoms with Gasteiger partial charge in [-0.15, -0.1) is 0 Å². The lowest BCUT2D eigenvalue weighted by atomic mass is 9.72. The molecule has 90 valence electrons. The van der Waals surface area contributed by atoms with Gasteiger partial charge in [-0.1, -0.05) is 34.6 Å². The molecular formula is C13H22N2O. The highest BCUT2D eigenvalue weighted by Crippen LogP contribution is 2.31. The van der Waals surface area contributed by atoms with Gasteiger partial charge in [0.15, 0.2) is 5.78 Å². The van der Waals surface area contributed by atoms with Crippen LogP contribution >= 0.6 is 0 Å². The maximum absolute atomic E-state index is 12.2. The van der Waals surface area contributed by atoms with E-state index in [0.717, 1.165) is 0 Å². The van der Waals surface area contributed by atoms with Crippen LogP contribution in [-0.4, -0.2) is 18.4 Å². The summed E-state index contributed by atoms with van der Waals surface area (Å²) in [6.45, 7) is 10.6. The molecule has 4 unspecified atom stereocenters. The largest absolute Gasteiger partial charge is 0.306 e. The van der Waals surface area contributed by atoms with Gasteiger partial charge in [0.05, 0.1) is 18.0 Å². The summed E-state index contributed by atoms with van der Waals surface area (Å²) in [5.74, 6) is 0.787. The second-order valence-corrected chi connectivity index (χ2v) is 5.95. The van der Waals surface area contributed by atoms with Gasteiger partial charge in [-0.05, 0) is 11.8 Å². The van der Waals surface area contributed by atoms with Crippen LogP contribution < -0.4 is 5.32 Å². The Balaban J connectivity index is 2.80. The third-order valence-corrected chi connectivity index (χ3v) is 3.73. The third-order valence-electron chi connectivity index (χ3n) is 3.73. The highest BCUT2D eigenvalue weighted by molar-refractivity contribution is 5.89. The van der Waals surface area contributed by atoms with Gasteiger partial charge in [0.2, 0.25) is 0 Å². The van der Waals surface area contributed by atoms with Crippen molar-refractivity contribution in [3.8, 4) is 6.07 Å². The van der Waals surface area contributed by atoms with Crippen LogP contribution in [0.2, 0.25) is 0 Å². The number of carbonyl (C=O) groups excluding carboxylic acids is 1. The fourth-order valence-corrected chi connectivity index (χ4v) is 2.26. The average Bonchev–Trinajstić information content (AvgIpc) is 2.20. The molecule has 4 atom stereocenters. The molecule has 3 heteroatoms. The number of nitriles is 1. The molecule has 0 aliphatic carbocycles. The molecule has 1 saturated heterocycles. The van der Waals surface area contributed by atoms with Gasteiger partial charge in [-0.25, -0.2) is 0 Å². The lowest BCUT2D eigenvalue weighted by Crippen LogP contribution is -2.55. The number of hydrogen-bond donors (Lipinski definition) is 1. The normalized spacial score (nSPS) is 35.5. The van der Waals surface area contributed by atoms with Gasteiger partial charge in [-0.2, -0.15) is 5.26 Å². The Morgan fingerprint density at radius 3 is 2.31 bits per heavy atom. The summed E-state index contributed by atoms with van der Waals surface area (Å²) in [6, 6.07) is 2.21. The zero-order valence-corrected chi connectivity index (χ0v) is 10.9. The first-order chi connectivity index (χ1) is 7.29. The van der Waals surface area contributed by atoms with Crippen LogP contribution in [0.5, 0.6) is 0 Å². The first-order valence-electron chi connectivity index (χ1n) is 5.96. The standard InChI is InChI=1S/C13H22N2O/c1-8-9(2)11(12(16)13(3,4)5)15-7-10(8)6-14/h8-11,15H,7H2,1-5H3. The Bertz CT molecular complexity index is 311. The highest BCUT2D eigenvalue weighted by atomic mass is 16.1. The molecule has 0 amide bonds. The summed E-state index contributed by atoms with van der Waals surface area (Å²) in [4.78, 5) is 12.2. The van der Waals surface area contributed by atoms with Crippen molar-refractivity contribution in [2.45, 2.75) is 40.7 Å². The van der Waals surface area contributed by atoms with E-state index < -0.39 is 0 Å². The van der Waals surface area contributed by atoms with Gasteiger partial charge < -0.3 is 5.32 Å². The molecule has 1 N–H and O–H groups in total. The van der Waals surface area contributed by atoms with Crippen molar-refractivity contribution in [2.75, 3.05) is 6.54 Å². The lowest BCUT2D eigenvalue weighted by molar-refractivity contribution is -0.131. The minimum atomic E-state index is -0.314. The van der Waals surface area contributed by atoms with Crippen molar-refractivity contribution in [1.82, 2.24) is 5.32 Å². The van der Waals surface area contributed by atoms with E-state index in [1.807, 2.05) is 20.8 Å². The van der Waals surface area contributed by atoms with Crippen LogP contribution in [0.3, 0.4) is 0 Å². The molecule has 16 heavy (non-hydrogen) atoms. The van der Waals surface area contributed by atoms with Crippen molar-refractivity contribution < 1.29 is 4.79 Å². The Hall–Kier alpha value is -0.880. The Morgan fingerprint density at radius 2 is 1.88 bits per heavy atom. The van der Waals surface area contributed by atoms with E-state index in [4.69, 9.17) is 5.26 Å². The Labute approximate surface area is 98.2 Å². The summed E-state index contributed by atoms with van der Waals surface area (Å²) in [7, 11) is 0. The quantitative estimate of drug-likeness (QED) is 0.738. The molecule has 1 rings (SSSR count). The molecule has 1 heterocycles. The van der Waals surface area contributed by atoms with Crippen molar-refractivity contribution in [3.63, 3.8) is 0 Å². The van der Waals surface area contributed by atoms with E-state index in [9.17, 15) is 4.79 Å². The number of nitrogens with zero attached hydrogens (tertiary/aromatic N) is 1. The second kappa shape index (κ2) is 4.55. The molecular weight excluding hydrogens is 200 g/mol. The number of ketones is 1. The van der Waals surface area contributed by atoms with Crippen molar-refractivity contribution in [2.24, 2.45) is 23.2 Å². The summed E-state index contributed by atoms with van der Waals surface area (Å²) < 4.78 is 0. The van der Waals surface area contributed by atoms with Crippen LogP contribution in [0.1, 0.15) is 34.6 Å². The summed E-state index contributed by atoms with van der Waals surface area (Å²) in [5.41, 5.74) is -0.314. The predicted octanol–water partition coefficient (Wildman–Crippen LogP) is 1.99. The molecule has 1 aliphatic heterocycles. The molecule has 0 aromatic heterocycles. The lowest BCUT2D eigenvalue weighted by Gasteiger charge is -2.39. The van der Waals surface area contributed by atoms with Gasteiger partial charge in [0, 0.05) is 12.0 Å². The predicted molar refractivity (Wildman–Crippen MR) is 63.7 cm³/mol. The van der Waals surface area contributed by atoms with Crippen LogP contribution in [0.25, 0.3) is 0 Å². The summed E-state index contributed by atoms with van der Waals surface area (Å²) in [5, 5.41) is 12.2. The Kier molecular flexibility index (Phi) is 3.75. The Morgan fingerprint density at radius 1 is 1.31 bits per heavy atom. The van der Waals surface area contributed by atoms with Crippen LogP contribution in [0.15, 0.2) is 0 Å². The zero-order valence-electron chi connectivity index (χ0n) is 10.9. The van der Waals surface area contributed by atoms with E-state index in [1.54, 1.807) is 0 Å². The summed E-state index contributed by atoms with van der Waals surface area (Å²) in [6.07, 6.45) is 0. The monoisotopic (exact) mass is 222 g/mol. The van der Waals surface area contributed by atoms with Gasteiger partial charge in [-0.3, -0.25) is 4.79 Å². The first kappa shape index (κ1) is 13.2. The second-order valence-electron chi connectivity index (χ2n) is 5.95. The highest BCUT2D eigenvalue weighted by Gasteiger charge is 2.40. The molecule has 0 bridgehead atoms. The summed E-state index contributed by atoms with van der Waals surface area (Å²) >= 11 is 0. The number of nitrogens with one attached hydrogen (secondary N) is 1. The van der Waals surface area contributed by atoms with Crippen molar-refractivity contribution >= 4 is 5.78 Å². The van der Waals surface area contributed by atoms with E-state index in [0.29, 0.717) is 6.54 Å². The zero-order chi connectivity index (χ0) is 12.5. The fourth-order valence-electron chi connectivity index (χ4n) is 2.26. The smallest absolute Gasteiger partial charge is 0.155 e. The van der Waals surface area contributed by atoms with Crippen molar-refractivity contribution in [3.05, 3.63) is 0 Å². The van der Waals surface area contributed by atoms with Gasteiger partial charge in [0.1, 0.15) is 0 Å². The number of Topliss-reactive ketones (excluding diaryl/α,β-unsaturated/α-hetero) is 1. The number of carbonyl (C=O) groups is 1. The van der Waals surface area contributed by atoms with Gasteiger partial charge >= 0.3 is 0 Å². The minimum Gasteiger partial charge on any atom is -0.306 e. The van der Waals surface area contributed by atoms with E-state index in [2.05, 4.69) is 25.2 Å². The van der Waals surface area contributed by atoms with E-state index in [-0.39, 0.29) is 35.0 Å². The molecule has 0 saturated carbocycles. The van der Waals surface area contributed by atoms with Gasteiger partial charge in [0.25, 0.3) is 0 Å². The van der Waals surface area contributed by atoms with Crippen LogP contribution in [-0.2, 0) is 4.79 Å². The fraction of sp³-hybridized carbons (Fsp3) is 0.846. The maximum Gasteiger partial charge on any atom is 0.155 e. The molecule has 0 aromatic rings. The van der Waals surface area contributed by atoms with Crippen LogP contribution in [0.4, 0.5) is 0 Å². The third kappa shape index (κ3) is 2.44.